The average molecular weight is 227 g/mol. The molecule has 2 aliphatic heterocycles. The Kier molecular flexibility index (Phi) is 2.88. The predicted molar refractivity (Wildman–Crippen MR) is 55.7 cm³/mol. The van der Waals surface area contributed by atoms with Crippen LogP contribution in [-0.2, 0) is 19.1 Å². The number of nitrogens with zero attached hydrogens (tertiary/aromatic N) is 1. The van der Waals surface area contributed by atoms with Crippen molar-refractivity contribution in [2.24, 2.45) is 0 Å². The van der Waals surface area contributed by atoms with Gasteiger partial charge in [0.15, 0.2) is 0 Å². The van der Waals surface area contributed by atoms with Gasteiger partial charge in [0.05, 0.1) is 6.54 Å². The van der Waals surface area contributed by atoms with Gasteiger partial charge in [0.1, 0.15) is 18.2 Å². The molecular weight excluding hydrogens is 210 g/mol. The van der Waals surface area contributed by atoms with Gasteiger partial charge in [-0.1, -0.05) is 0 Å². The summed E-state index contributed by atoms with van der Waals surface area (Å²) >= 11 is 0. The highest BCUT2D eigenvalue weighted by atomic mass is 16.5. The minimum Gasteiger partial charge on any atom is -0.462 e. The lowest BCUT2D eigenvalue weighted by molar-refractivity contribution is -0.175. The number of ether oxygens (including phenoxy) is 2. The van der Waals surface area contributed by atoms with E-state index in [4.69, 9.17) is 9.47 Å². The van der Waals surface area contributed by atoms with Crippen LogP contribution in [0.15, 0.2) is 0 Å². The van der Waals surface area contributed by atoms with Crippen LogP contribution in [0, 0.1) is 0 Å². The van der Waals surface area contributed by atoms with Crippen LogP contribution in [0.1, 0.15) is 26.7 Å². The van der Waals surface area contributed by atoms with Crippen molar-refractivity contribution in [1.82, 2.24) is 4.90 Å². The van der Waals surface area contributed by atoms with Gasteiger partial charge in [0.2, 0.25) is 0 Å². The van der Waals surface area contributed by atoms with E-state index in [0.717, 1.165) is 12.8 Å². The molecule has 2 aliphatic rings. The molecule has 0 aliphatic carbocycles. The summed E-state index contributed by atoms with van der Waals surface area (Å²) in [5.74, 6) is -0.427. The Morgan fingerprint density at radius 1 is 1.44 bits per heavy atom. The zero-order valence-corrected chi connectivity index (χ0v) is 9.69. The fourth-order valence-corrected chi connectivity index (χ4v) is 2.13. The summed E-state index contributed by atoms with van der Waals surface area (Å²) in [5.41, 5.74) is -0.874. The molecule has 0 saturated carbocycles. The van der Waals surface area contributed by atoms with Gasteiger partial charge >= 0.3 is 5.97 Å². The van der Waals surface area contributed by atoms with Crippen LogP contribution in [0.25, 0.3) is 0 Å². The van der Waals surface area contributed by atoms with Crippen molar-refractivity contribution in [2.45, 2.75) is 38.3 Å². The molecule has 0 unspecified atom stereocenters. The van der Waals surface area contributed by atoms with Crippen molar-refractivity contribution in [3.63, 3.8) is 0 Å². The normalized spacial score (nSPS) is 29.0. The van der Waals surface area contributed by atoms with Crippen LogP contribution >= 0.6 is 0 Å². The topological polar surface area (TPSA) is 55.8 Å². The molecule has 5 heteroatoms. The van der Waals surface area contributed by atoms with Crippen molar-refractivity contribution in [2.75, 3.05) is 19.8 Å². The lowest BCUT2D eigenvalue weighted by atomic mass is 10.00. The first kappa shape index (κ1) is 11.4. The Morgan fingerprint density at radius 2 is 2.19 bits per heavy atom. The molecule has 2 saturated heterocycles. The Hall–Kier alpha value is -1.10. The van der Waals surface area contributed by atoms with E-state index in [-0.39, 0.29) is 24.6 Å². The number of hydrogen-bond donors (Lipinski definition) is 0. The molecule has 2 rings (SSSR count). The van der Waals surface area contributed by atoms with Gasteiger partial charge in [-0.3, -0.25) is 4.79 Å². The fraction of sp³-hybridized carbons (Fsp3) is 0.818. The number of rotatable bonds is 1. The number of morpholine rings is 1. The molecule has 0 aromatic rings. The van der Waals surface area contributed by atoms with Gasteiger partial charge in [-0.05, 0) is 26.7 Å². The van der Waals surface area contributed by atoms with Crippen LogP contribution in [0.3, 0.4) is 0 Å². The maximum atomic E-state index is 12.2. The third-order valence-corrected chi connectivity index (χ3v) is 3.19. The number of esters is 1. The summed E-state index contributed by atoms with van der Waals surface area (Å²) < 4.78 is 10.3. The Balaban J connectivity index is 2.12. The summed E-state index contributed by atoms with van der Waals surface area (Å²) in [6.07, 6.45) is 1.29. The number of cyclic esters (lactones) is 1. The molecule has 0 aromatic heterocycles. The quantitative estimate of drug-likeness (QED) is 0.606. The second kappa shape index (κ2) is 4.05. The smallest absolute Gasteiger partial charge is 0.331 e. The first-order valence-electron chi connectivity index (χ1n) is 5.64. The minimum absolute atomic E-state index is 0.0841. The van der Waals surface area contributed by atoms with Crippen molar-refractivity contribution in [3.8, 4) is 0 Å². The van der Waals surface area contributed by atoms with Crippen LogP contribution in [0.5, 0.6) is 0 Å². The highest BCUT2D eigenvalue weighted by Crippen LogP contribution is 2.24. The number of hydrogen-bond acceptors (Lipinski definition) is 4. The SMILES string of the molecule is CC1(C)C(=O)OCCN1C(=O)[C@H]1CCCO1. The molecule has 0 bridgehead atoms. The molecule has 0 radical (unpaired) electrons. The minimum atomic E-state index is -0.874. The molecule has 2 heterocycles. The van der Waals surface area contributed by atoms with Crippen LogP contribution in [-0.4, -0.2) is 48.2 Å². The van der Waals surface area contributed by atoms with E-state index in [1.54, 1.807) is 18.7 Å². The first-order valence-corrected chi connectivity index (χ1v) is 5.64. The highest BCUT2D eigenvalue weighted by Gasteiger charge is 2.44. The molecule has 5 nitrogen and oxygen atoms in total. The summed E-state index contributed by atoms with van der Waals surface area (Å²) in [4.78, 5) is 25.3. The van der Waals surface area contributed by atoms with Crippen molar-refractivity contribution in [1.29, 1.82) is 0 Å². The maximum absolute atomic E-state index is 12.2. The maximum Gasteiger partial charge on any atom is 0.331 e. The van der Waals surface area contributed by atoms with Gasteiger partial charge in [0.25, 0.3) is 5.91 Å². The predicted octanol–water partition coefficient (Wildman–Crippen LogP) is 0.329. The molecular formula is C11H17NO4. The van der Waals surface area contributed by atoms with Gasteiger partial charge in [-0.2, -0.15) is 0 Å². The van der Waals surface area contributed by atoms with Gasteiger partial charge in [-0.15, -0.1) is 0 Å². The van der Waals surface area contributed by atoms with E-state index >= 15 is 0 Å². The average Bonchev–Trinajstić information content (AvgIpc) is 2.74. The largest absolute Gasteiger partial charge is 0.462 e. The Morgan fingerprint density at radius 3 is 2.81 bits per heavy atom. The first-order chi connectivity index (χ1) is 7.53. The molecule has 1 amide bonds. The second-order valence-electron chi connectivity index (χ2n) is 4.69. The van der Waals surface area contributed by atoms with Gasteiger partial charge < -0.3 is 14.4 Å². The summed E-state index contributed by atoms with van der Waals surface area (Å²) in [7, 11) is 0. The zero-order valence-electron chi connectivity index (χ0n) is 9.69. The van der Waals surface area contributed by atoms with Crippen molar-refractivity contribution in [3.05, 3.63) is 0 Å². The lowest BCUT2D eigenvalue weighted by Gasteiger charge is -2.41. The third kappa shape index (κ3) is 1.80. The van der Waals surface area contributed by atoms with E-state index in [0.29, 0.717) is 13.2 Å². The lowest BCUT2D eigenvalue weighted by Crippen LogP contribution is -2.60. The third-order valence-electron chi connectivity index (χ3n) is 3.19. The monoisotopic (exact) mass is 227 g/mol. The molecule has 0 N–H and O–H groups in total. The van der Waals surface area contributed by atoms with E-state index in [9.17, 15) is 9.59 Å². The van der Waals surface area contributed by atoms with E-state index in [2.05, 4.69) is 0 Å². The van der Waals surface area contributed by atoms with Crippen LogP contribution in [0.4, 0.5) is 0 Å². The van der Waals surface area contributed by atoms with Crippen molar-refractivity contribution < 1.29 is 19.1 Å². The van der Waals surface area contributed by atoms with Crippen molar-refractivity contribution >= 4 is 11.9 Å². The van der Waals surface area contributed by atoms with E-state index in [1.807, 2.05) is 0 Å². The van der Waals surface area contributed by atoms with E-state index < -0.39 is 5.54 Å². The molecule has 0 spiro atoms. The van der Waals surface area contributed by atoms with Crippen LogP contribution < -0.4 is 0 Å². The fourth-order valence-electron chi connectivity index (χ4n) is 2.13. The van der Waals surface area contributed by atoms with E-state index in [1.165, 1.54) is 0 Å². The van der Waals surface area contributed by atoms with Gasteiger partial charge in [-0.25, -0.2) is 4.79 Å². The standard InChI is InChI=1S/C11H17NO4/c1-11(2)10(14)16-7-5-12(11)9(13)8-4-3-6-15-8/h8H,3-7H2,1-2H3/t8-/m1/s1. The second-order valence-corrected chi connectivity index (χ2v) is 4.69. The number of carbonyl (C=O) groups excluding carboxylic acids is 2. The summed E-state index contributed by atoms with van der Waals surface area (Å²) in [6.45, 7) is 4.79. The Bertz CT molecular complexity index is 307. The molecule has 16 heavy (non-hydrogen) atoms. The summed E-state index contributed by atoms with van der Waals surface area (Å²) in [5, 5.41) is 0. The molecule has 1 atom stereocenters. The summed E-state index contributed by atoms with van der Waals surface area (Å²) in [6, 6.07) is 0. The Labute approximate surface area is 94.7 Å². The zero-order chi connectivity index (χ0) is 11.8. The van der Waals surface area contributed by atoms with Gasteiger partial charge in [0, 0.05) is 6.61 Å². The molecule has 90 valence electrons. The molecule has 0 aromatic carbocycles. The highest BCUT2D eigenvalue weighted by molar-refractivity contribution is 5.90. The number of carbonyl (C=O) groups is 2. The number of amides is 1. The molecule has 2 fully saturated rings. The van der Waals surface area contributed by atoms with Crippen LogP contribution in [0.2, 0.25) is 0 Å².